The SMILES string of the molecule is COc1ccc(N2C(=O)C(SCCO)=C(c3ccc([N+](=O)[O-])cc3)C2=O)cc1. The Balaban J connectivity index is 2.02. The van der Waals surface area contributed by atoms with E-state index in [1.54, 1.807) is 24.3 Å². The Morgan fingerprint density at radius 2 is 1.71 bits per heavy atom. The quantitative estimate of drug-likeness (QED) is 0.432. The Labute approximate surface area is 164 Å². The number of ether oxygens (including phenoxy) is 1. The van der Waals surface area contributed by atoms with E-state index in [1.165, 1.54) is 31.4 Å². The Morgan fingerprint density at radius 1 is 1.07 bits per heavy atom. The van der Waals surface area contributed by atoms with Gasteiger partial charge in [0.15, 0.2) is 0 Å². The lowest BCUT2D eigenvalue weighted by atomic mass is 10.1. The third kappa shape index (κ3) is 3.62. The van der Waals surface area contributed by atoms with Crippen LogP contribution in [0.1, 0.15) is 5.56 Å². The standard InChI is InChI=1S/C19H16N2O6S/c1-27-15-8-6-13(7-9-15)20-18(23)16(17(19(20)24)28-11-10-22)12-2-4-14(5-3-12)21(25)26/h2-9,22H,10-11H2,1H3. The van der Waals surface area contributed by atoms with Crippen molar-refractivity contribution in [3.63, 3.8) is 0 Å². The number of hydrogen-bond donors (Lipinski definition) is 1. The number of benzene rings is 2. The zero-order valence-electron chi connectivity index (χ0n) is 14.8. The van der Waals surface area contributed by atoms with Gasteiger partial charge in [0.2, 0.25) is 0 Å². The molecule has 28 heavy (non-hydrogen) atoms. The fourth-order valence-electron chi connectivity index (χ4n) is 2.76. The van der Waals surface area contributed by atoms with Crippen LogP contribution >= 0.6 is 11.8 Å². The first-order chi connectivity index (χ1) is 13.5. The maximum atomic E-state index is 13.1. The van der Waals surface area contributed by atoms with Crippen LogP contribution in [0.15, 0.2) is 53.4 Å². The van der Waals surface area contributed by atoms with Crippen LogP contribution in [0.5, 0.6) is 5.75 Å². The summed E-state index contributed by atoms with van der Waals surface area (Å²) in [5.41, 5.74) is 0.835. The van der Waals surface area contributed by atoms with Crippen LogP contribution in [0.3, 0.4) is 0 Å². The lowest BCUT2D eigenvalue weighted by Gasteiger charge is -2.15. The number of amides is 2. The molecular weight excluding hydrogens is 384 g/mol. The predicted molar refractivity (Wildman–Crippen MR) is 105 cm³/mol. The second-order valence-electron chi connectivity index (χ2n) is 5.72. The molecule has 1 aliphatic rings. The molecule has 0 aliphatic carbocycles. The van der Waals surface area contributed by atoms with Gasteiger partial charge in [-0.1, -0.05) is 0 Å². The van der Waals surface area contributed by atoms with Crippen molar-refractivity contribution in [3.8, 4) is 5.75 Å². The number of methoxy groups -OCH3 is 1. The molecule has 0 fully saturated rings. The summed E-state index contributed by atoms with van der Waals surface area (Å²) in [6, 6.07) is 11.9. The molecule has 0 spiro atoms. The molecular formula is C19H16N2O6S. The molecule has 0 aromatic heterocycles. The summed E-state index contributed by atoms with van der Waals surface area (Å²) >= 11 is 1.07. The zero-order valence-corrected chi connectivity index (χ0v) is 15.6. The summed E-state index contributed by atoms with van der Waals surface area (Å²) in [4.78, 5) is 37.6. The van der Waals surface area contributed by atoms with E-state index in [9.17, 15) is 19.7 Å². The van der Waals surface area contributed by atoms with Crippen molar-refractivity contribution in [2.75, 3.05) is 24.4 Å². The van der Waals surface area contributed by atoms with Crippen LogP contribution in [0.4, 0.5) is 11.4 Å². The zero-order chi connectivity index (χ0) is 20.3. The number of nitrogens with zero attached hydrogens (tertiary/aromatic N) is 2. The molecule has 9 heteroatoms. The molecule has 0 saturated heterocycles. The molecule has 0 radical (unpaired) electrons. The average Bonchev–Trinajstić information content (AvgIpc) is 2.96. The number of carbonyl (C=O) groups is 2. The first-order valence-corrected chi connectivity index (χ1v) is 9.22. The summed E-state index contributed by atoms with van der Waals surface area (Å²) in [6.07, 6.45) is 0. The number of imide groups is 1. The summed E-state index contributed by atoms with van der Waals surface area (Å²) in [5.74, 6) is -0.200. The third-order valence-corrected chi connectivity index (χ3v) is 5.13. The van der Waals surface area contributed by atoms with Crippen LogP contribution < -0.4 is 9.64 Å². The Morgan fingerprint density at radius 3 is 2.25 bits per heavy atom. The normalized spacial score (nSPS) is 14.0. The topological polar surface area (TPSA) is 110 Å². The van der Waals surface area contributed by atoms with E-state index < -0.39 is 16.7 Å². The lowest BCUT2D eigenvalue weighted by molar-refractivity contribution is -0.384. The van der Waals surface area contributed by atoms with Crippen LogP contribution in [0.25, 0.3) is 5.57 Å². The molecule has 1 aliphatic heterocycles. The Bertz CT molecular complexity index is 953. The van der Waals surface area contributed by atoms with Gasteiger partial charge >= 0.3 is 0 Å². The van der Waals surface area contributed by atoms with Crippen molar-refractivity contribution in [1.29, 1.82) is 0 Å². The summed E-state index contributed by atoms with van der Waals surface area (Å²) in [7, 11) is 1.51. The first kappa shape index (κ1) is 19.6. The Kier molecular flexibility index (Phi) is 5.76. The molecule has 2 aromatic rings. The number of anilines is 1. The summed E-state index contributed by atoms with van der Waals surface area (Å²) in [6.45, 7) is -0.161. The number of thioether (sulfide) groups is 1. The number of rotatable bonds is 7. The Hall–Kier alpha value is -3.17. The van der Waals surface area contributed by atoms with Gasteiger partial charge in [0.25, 0.3) is 17.5 Å². The van der Waals surface area contributed by atoms with Crippen molar-refractivity contribution in [1.82, 2.24) is 0 Å². The minimum Gasteiger partial charge on any atom is -0.497 e. The molecule has 1 N–H and O–H groups in total. The molecule has 0 saturated carbocycles. The van der Waals surface area contributed by atoms with Gasteiger partial charge in [0.1, 0.15) is 5.75 Å². The molecule has 0 unspecified atom stereocenters. The van der Waals surface area contributed by atoms with E-state index in [0.29, 0.717) is 17.0 Å². The van der Waals surface area contributed by atoms with Crippen molar-refractivity contribution in [2.24, 2.45) is 0 Å². The fraction of sp³-hybridized carbons (Fsp3) is 0.158. The van der Waals surface area contributed by atoms with Crippen molar-refractivity contribution < 1.29 is 24.4 Å². The second kappa shape index (κ2) is 8.24. The smallest absolute Gasteiger partial charge is 0.272 e. The number of non-ortho nitro benzene ring substituents is 1. The van der Waals surface area contributed by atoms with E-state index in [1.807, 2.05) is 0 Å². The maximum Gasteiger partial charge on any atom is 0.272 e. The number of nitro benzene ring substituents is 1. The van der Waals surface area contributed by atoms with Gasteiger partial charge in [-0.05, 0) is 42.0 Å². The molecule has 8 nitrogen and oxygen atoms in total. The highest BCUT2D eigenvalue weighted by Crippen LogP contribution is 2.39. The van der Waals surface area contributed by atoms with Crippen LogP contribution in [-0.2, 0) is 9.59 Å². The summed E-state index contributed by atoms with van der Waals surface area (Å²) in [5, 5.41) is 20.0. The van der Waals surface area contributed by atoms with Gasteiger partial charge in [-0.25, -0.2) is 4.90 Å². The first-order valence-electron chi connectivity index (χ1n) is 8.23. The van der Waals surface area contributed by atoms with Crippen LogP contribution in [-0.4, -0.2) is 41.3 Å². The van der Waals surface area contributed by atoms with E-state index >= 15 is 0 Å². The maximum absolute atomic E-state index is 13.1. The highest BCUT2D eigenvalue weighted by molar-refractivity contribution is 8.04. The van der Waals surface area contributed by atoms with Gasteiger partial charge in [-0.3, -0.25) is 19.7 Å². The number of carbonyl (C=O) groups excluding carboxylic acids is 2. The van der Waals surface area contributed by atoms with Crippen molar-refractivity contribution >= 4 is 40.5 Å². The number of nitro groups is 1. The highest BCUT2D eigenvalue weighted by Gasteiger charge is 2.40. The fourth-order valence-corrected chi connectivity index (χ4v) is 3.62. The molecule has 2 aromatic carbocycles. The number of hydrogen-bond acceptors (Lipinski definition) is 7. The van der Waals surface area contributed by atoms with Gasteiger partial charge in [0.05, 0.1) is 34.8 Å². The highest BCUT2D eigenvalue weighted by atomic mass is 32.2. The van der Waals surface area contributed by atoms with Gasteiger partial charge in [-0.2, -0.15) is 0 Å². The van der Waals surface area contributed by atoms with Crippen molar-refractivity contribution in [2.45, 2.75) is 0 Å². The van der Waals surface area contributed by atoms with Gasteiger partial charge < -0.3 is 9.84 Å². The monoisotopic (exact) mass is 400 g/mol. The molecule has 2 amide bonds. The van der Waals surface area contributed by atoms with Gasteiger partial charge in [0, 0.05) is 17.9 Å². The van der Waals surface area contributed by atoms with Crippen molar-refractivity contribution in [3.05, 3.63) is 69.1 Å². The molecule has 1 heterocycles. The largest absolute Gasteiger partial charge is 0.497 e. The van der Waals surface area contributed by atoms with Crippen LogP contribution in [0.2, 0.25) is 0 Å². The van der Waals surface area contributed by atoms with E-state index in [0.717, 1.165) is 16.7 Å². The minimum absolute atomic E-state index is 0.113. The summed E-state index contributed by atoms with van der Waals surface area (Å²) < 4.78 is 5.09. The molecule has 3 rings (SSSR count). The second-order valence-corrected chi connectivity index (χ2v) is 6.83. The molecule has 0 atom stereocenters. The lowest BCUT2D eigenvalue weighted by Crippen LogP contribution is -2.31. The van der Waals surface area contributed by atoms with E-state index in [4.69, 9.17) is 9.84 Å². The van der Waals surface area contributed by atoms with Gasteiger partial charge in [-0.15, -0.1) is 11.8 Å². The number of aliphatic hydroxyl groups excluding tert-OH is 1. The molecule has 0 bridgehead atoms. The van der Waals surface area contributed by atoms with E-state index in [-0.39, 0.29) is 28.5 Å². The van der Waals surface area contributed by atoms with E-state index in [2.05, 4.69) is 0 Å². The molecule has 144 valence electrons. The number of aliphatic hydroxyl groups is 1. The third-order valence-electron chi connectivity index (χ3n) is 4.08. The van der Waals surface area contributed by atoms with Crippen LogP contribution in [0, 0.1) is 10.1 Å². The predicted octanol–water partition coefficient (Wildman–Crippen LogP) is 2.61. The average molecular weight is 400 g/mol. The minimum atomic E-state index is -0.537.